The number of ether oxygens (including phenoxy) is 1. The van der Waals surface area contributed by atoms with Crippen LogP contribution in [0.5, 0.6) is 0 Å². The Morgan fingerprint density at radius 3 is 2.73 bits per heavy atom. The van der Waals surface area contributed by atoms with E-state index < -0.39 is 11.5 Å². The third-order valence-corrected chi connectivity index (χ3v) is 3.71. The number of aromatic amines is 1. The van der Waals surface area contributed by atoms with E-state index in [-0.39, 0.29) is 22.9 Å². The van der Waals surface area contributed by atoms with Crippen molar-refractivity contribution in [3.05, 3.63) is 58.6 Å². The van der Waals surface area contributed by atoms with Crippen LogP contribution in [0.3, 0.4) is 0 Å². The summed E-state index contributed by atoms with van der Waals surface area (Å²) in [5.41, 5.74) is 1.00. The molecule has 2 amide bonds. The van der Waals surface area contributed by atoms with Crippen molar-refractivity contribution in [3.63, 3.8) is 0 Å². The van der Waals surface area contributed by atoms with Crippen molar-refractivity contribution in [2.24, 2.45) is 0 Å². The molecule has 0 saturated carbocycles. The predicted molar refractivity (Wildman–Crippen MR) is 94.3 cm³/mol. The van der Waals surface area contributed by atoms with Crippen molar-refractivity contribution < 1.29 is 14.3 Å². The SMILES string of the molecule is COC(=O)c1cn(CCNC(=O)Nc2ccccc2)cc2c(=O)[nH]nc1-2. The first kappa shape index (κ1) is 17.2. The average Bonchev–Trinajstić information content (AvgIpc) is 3.02. The van der Waals surface area contributed by atoms with Crippen LogP contribution in [-0.4, -0.2) is 40.4 Å². The first-order valence-electron chi connectivity index (χ1n) is 7.85. The number of amides is 2. The van der Waals surface area contributed by atoms with Crippen molar-refractivity contribution in [3.8, 4) is 11.3 Å². The van der Waals surface area contributed by atoms with Crippen LogP contribution in [0.2, 0.25) is 0 Å². The number of H-pyrrole nitrogens is 1. The van der Waals surface area contributed by atoms with Gasteiger partial charge in [0, 0.05) is 31.2 Å². The number of urea groups is 1. The van der Waals surface area contributed by atoms with E-state index in [1.165, 1.54) is 13.3 Å². The number of aromatic nitrogens is 3. The molecule has 0 aromatic heterocycles. The molecule has 0 saturated heterocycles. The largest absolute Gasteiger partial charge is 0.465 e. The van der Waals surface area contributed by atoms with Crippen LogP contribution < -0.4 is 16.2 Å². The molecule has 0 radical (unpaired) electrons. The lowest BCUT2D eigenvalue weighted by atomic mass is 10.1. The third-order valence-electron chi connectivity index (χ3n) is 3.71. The van der Waals surface area contributed by atoms with Crippen LogP contribution in [-0.2, 0) is 11.3 Å². The molecule has 0 unspecified atom stereocenters. The first-order valence-corrected chi connectivity index (χ1v) is 7.85. The zero-order valence-electron chi connectivity index (χ0n) is 14.0. The van der Waals surface area contributed by atoms with Crippen LogP contribution in [0.25, 0.3) is 11.3 Å². The van der Waals surface area contributed by atoms with Crippen molar-refractivity contribution in [2.45, 2.75) is 6.54 Å². The molecule has 2 aliphatic rings. The number of fused-ring (bicyclic) bond motifs is 1. The van der Waals surface area contributed by atoms with Crippen LogP contribution in [0.4, 0.5) is 10.5 Å². The highest BCUT2D eigenvalue weighted by Gasteiger charge is 2.21. The molecular weight excluding hydrogens is 338 g/mol. The monoisotopic (exact) mass is 355 g/mol. The molecule has 9 nitrogen and oxygen atoms in total. The van der Waals surface area contributed by atoms with Gasteiger partial charge in [0.05, 0.1) is 12.7 Å². The van der Waals surface area contributed by atoms with Crippen molar-refractivity contribution >= 4 is 17.7 Å². The molecule has 26 heavy (non-hydrogen) atoms. The van der Waals surface area contributed by atoms with Crippen LogP contribution in [0.1, 0.15) is 10.4 Å². The summed E-state index contributed by atoms with van der Waals surface area (Å²) in [5.74, 6) is -0.592. The quantitative estimate of drug-likeness (QED) is 0.596. The lowest BCUT2D eigenvalue weighted by Crippen LogP contribution is -2.31. The summed E-state index contributed by atoms with van der Waals surface area (Å²) >= 11 is 0. The molecule has 0 bridgehead atoms. The lowest BCUT2D eigenvalue weighted by Gasteiger charge is -2.12. The van der Waals surface area contributed by atoms with Gasteiger partial charge >= 0.3 is 12.0 Å². The number of carbonyl (C=O) groups excluding carboxylic acids is 2. The van der Waals surface area contributed by atoms with Crippen molar-refractivity contribution in [1.82, 2.24) is 20.1 Å². The van der Waals surface area contributed by atoms with E-state index in [0.29, 0.717) is 18.8 Å². The Kier molecular flexibility index (Phi) is 4.97. The number of rotatable bonds is 5. The molecule has 0 spiro atoms. The summed E-state index contributed by atoms with van der Waals surface area (Å²) in [5, 5.41) is 11.6. The second-order valence-electron chi connectivity index (χ2n) is 5.46. The minimum absolute atomic E-state index is 0.178. The van der Waals surface area contributed by atoms with E-state index in [2.05, 4.69) is 20.8 Å². The van der Waals surface area contributed by atoms with E-state index in [0.717, 1.165) is 0 Å². The van der Waals surface area contributed by atoms with Crippen LogP contribution in [0, 0.1) is 0 Å². The van der Waals surface area contributed by atoms with E-state index in [1.54, 1.807) is 22.9 Å². The highest BCUT2D eigenvalue weighted by atomic mass is 16.5. The molecule has 0 aliphatic carbocycles. The fraction of sp³-hybridized carbons (Fsp3) is 0.176. The maximum absolute atomic E-state index is 11.9. The maximum Gasteiger partial charge on any atom is 0.341 e. The fourth-order valence-electron chi connectivity index (χ4n) is 2.47. The molecule has 0 fully saturated rings. The number of nitrogens with zero attached hydrogens (tertiary/aromatic N) is 2. The fourth-order valence-corrected chi connectivity index (χ4v) is 2.47. The van der Waals surface area contributed by atoms with E-state index in [9.17, 15) is 14.4 Å². The second kappa shape index (κ2) is 7.51. The topological polar surface area (TPSA) is 118 Å². The predicted octanol–water partition coefficient (Wildman–Crippen LogP) is 1.28. The molecule has 2 aliphatic heterocycles. The standard InChI is InChI=1S/C17H17N5O4/c1-26-16(24)13-10-22(9-12-14(13)20-21-15(12)23)8-7-18-17(25)19-11-5-3-2-4-6-11/h2-6,9-10H,7-8H2,1H3,(H,21,23)(H2,18,19,25). The van der Waals surface area contributed by atoms with Gasteiger partial charge in [0.1, 0.15) is 11.3 Å². The Morgan fingerprint density at radius 1 is 1.23 bits per heavy atom. The number of pyridine rings is 1. The van der Waals surface area contributed by atoms with Gasteiger partial charge in [-0.2, -0.15) is 5.10 Å². The Balaban J connectivity index is 1.68. The van der Waals surface area contributed by atoms with E-state index >= 15 is 0 Å². The lowest BCUT2D eigenvalue weighted by molar-refractivity contribution is 0.0600. The molecular formula is C17H17N5O4. The van der Waals surface area contributed by atoms with Gasteiger partial charge in [0.25, 0.3) is 5.56 Å². The molecule has 3 rings (SSSR count). The van der Waals surface area contributed by atoms with Gasteiger partial charge in [-0.1, -0.05) is 18.2 Å². The van der Waals surface area contributed by atoms with Gasteiger partial charge in [0.15, 0.2) is 0 Å². The Bertz CT molecular complexity index is 947. The molecule has 0 atom stereocenters. The number of esters is 1. The zero-order valence-corrected chi connectivity index (χ0v) is 14.0. The molecule has 1 aromatic carbocycles. The molecule has 3 N–H and O–H groups in total. The van der Waals surface area contributed by atoms with E-state index in [1.807, 2.05) is 18.2 Å². The summed E-state index contributed by atoms with van der Waals surface area (Å²) in [6.45, 7) is 0.647. The van der Waals surface area contributed by atoms with Gasteiger partial charge in [-0.3, -0.25) is 4.79 Å². The Labute approximate surface area is 148 Å². The number of hydrogen-bond acceptors (Lipinski definition) is 5. The number of methoxy groups -OCH3 is 1. The summed E-state index contributed by atoms with van der Waals surface area (Å²) in [4.78, 5) is 35.6. The number of carbonyl (C=O) groups is 2. The minimum Gasteiger partial charge on any atom is -0.465 e. The molecule has 134 valence electrons. The molecule has 2 heterocycles. The van der Waals surface area contributed by atoms with Gasteiger partial charge in [-0.05, 0) is 12.1 Å². The van der Waals surface area contributed by atoms with Crippen LogP contribution in [0.15, 0.2) is 47.5 Å². The van der Waals surface area contributed by atoms with Gasteiger partial charge < -0.3 is 19.9 Å². The van der Waals surface area contributed by atoms with Crippen molar-refractivity contribution in [1.29, 1.82) is 0 Å². The number of nitrogens with one attached hydrogen (secondary N) is 3. The minimum atomic E-state index is -0.592. The van der Waals surface area contributed by atoms with Crippen molar-refractivity contribution in [2.75, 3.05) is 19.0 Å². The summed E-state index contributed by atoms with van der Waals surface area (Å²) < 4.78 is 6.36. The normalized spacial score (nSPS) is 10.5. The number of para-hydroxylation sites is 1. The smallest absolute Gasteiger partial charge is 0.341 e. The number of hydrogen-bond donors (Lipinski definition) is 3. The van der Waals surface area contributed by atoms with E-state index in [4.69, 9.17) is 4.74 Å². The average molecular weight is 355 g/mol. The summed E-state index contributed by atoms with van der Waals surface area (Å²) in [6, 6.07) is 8.70. The zero-order chi connectivity index (χ0) is 18.5. The third kappa shape index (κ3) is 3.72. The Hall–Kier alpha value is -3.62. The van der Waals surface area contributed by atoms with Crippen LogP contribution >= 0.6 is 0 Å². The van der Waals surface area contributed by atoms with Gasteiger partial charge in [-0.15, -0.1) is 0 Å². The highest BCUT2D eigenvalue weighted by molar-refractivity contribution is 5.96. The number of benzene rings is 1. The van der Waals surface area contributed by atoms with Gasteiger partial charge in [-0.25, -0.2) is 14.7 Å². The maximum atomic E-state index is 11.9. The summed E-state index contributed by atoms with van der Waals surface area (Å²) in [6.07, 6.45) is 3.11. The molecule has 1 aromatic rings. The molecule has 9 heteroatoms. The second-order valence-corrected chi connectivity index (χ2v) is 5.46. The first-order chi connectivity index (χ1) is 12.6. The number of anilines is 1. The highest BCUT2D eigenvalue weighted by Crippen LogP contribution is 2.20. The summed E-state index contributed by atoms with van der Waals surface area (Å²) in [7, 11) is 1.26. The Morgan fingerprint density at radius 2 is 2.00 bits per heavy atom. The van der Waals surface area contributed by atoms with Gasteiger partial charge in [0.2, 0.25) is 0 Å².